The Kier molecular flexibility index (Phi) is 6.03. The molecule has 0 heterocycles. The minimum Gasteiger partial charge on any atom is -0.462 e. The number of ether oxygens (including phenoxy) is 1. The summed E-state index contributed by atoms with van der Waals surface area (Å²) in [4.78, 5) is 23.0. The standard InChI is InChI=1S/C18H18N2O3S/c1-3-23-17(22)13-7-9-15(10-8-13)19-18(24)20-16-6-4-5-14(11-16)12(2)21/h4-11H,3H2,1-2H3,(H2,19,20,24). The summed E-state index contributed by atoms with van der Waals surface area (Å²) in [6.45, 7) is 3.62. The molecule has 2 N–H and O–H groups in total. The quantitative estimate of drug-likeness (QED) is 0.488. The van der Waals surface area contributed by atoms with Crippen LogP contribution in [0.5, 0.6) is 0 Å². The summed E-state index contributed by atoms with van der Waals surface area (Å²) in [5.74, 6) is -0.363. The molecule has 2 aromatic rings. The van der Waals surface area contributed by atoms with Gasteiger partial charge in [-0.25, -0.2) is 4.79 Å². The van der Waals surface area contributed by atoms with E-state index in [1.807, 2.05) is 6.07 Å². The van der Waals surface area contributed by atoms with Crippen LogP contribution in [0.2, 0.25) is 0 Å². The third-order valence-electron chi connectivity index (χ3n) is 3.18. The summed E-state index contributed by atoms with van der Waals surface area (Å²) >= 11 is 5.25. The minimum atomic E-state index is -0.356. The molecule has 0 atom stereocenters. The van der Waals surface area contributed by atoms with Gasteiger partial charge in [0, 0.05) is 16.9 Å². The molecule has 0 saturated heterocycles. The van der Waals surface area contributed by atoms with Gasteiger partial charge in [0.05, 0.1) is 12.2 Å². The number of Topliss-reactive ketones (excluding diaryl/α,β-unsaturated/α-hetero) is 1. The SMILES string of the molecule is CCOC(=O)c1ccc(NC(=S)Nc2cccc(C(C)=O)c2)cc1. The maximum Gasteiger partial charge on any atom is 0.338 e. The van der Waals surface area contributed by atoms with Crippen LogP contribution in [0.3, 0.4) is 0 Å². The Labute approximate surface area is 146 Å². The van der Waals surface area contributed by atoms with E-state index in [0.29, 0.717) is 22.8 Å². The zero-order valence-electron chi connectivity index (χ0n) is 13.5. The molecule has 24 heavy (non-hydrogen) atoms. The van der Waals surface area contributed by atoms with Gasteiger partial charge < -0.3 is 15.4 Å². The zero-order chi connectivity index (χ0) is 17.5. The first-order valence-corrected chi connectivity index (χ1v) is 7.86. The lowest BCUT2D eigenvalue weighted by Crippen LogP contribution is -2.19. The molecule has 0 amide bonds. The molecule has 0 spiro atoms. The molecule has 0 unspecified atom stereocenters. The van der Waals surface area contributed by atoms with Gasteiger partial charge in [0.25, 0.3) is 0 Å². The average molecular weight is 342 g/mol. The van der Waals surface area contributed by atoms with Crippen molar-refractivity contribution in [2.24, 2.45) is 0 Å². The molecule has 124 valence electrons. The van der Waals surface area contributed by atoms with Gasteiger partial charge in [0.1, 0.15) is 0 Å². The number of benzene rings is 2. The molecule has 5 nitrogen and oxygen atoms in total. The molecule has 2 rings (SSSR count). The topological polar surface area (TPSA) is 67.4 Å². The summed E-state index contributed by atoms with van der Waals surface area (Å²) in [7, 11) is 0. The summed E-state index contributed by atoms with van der Waals surface area (Å²) in [6, 6.07) is 13.9. The number of hydrogen-bond acceptors (Lipinski definition) is 4. The van der Waals surface area contributed by atoms with E-state index >= 15 is 0 Å². The molecule has 6 heteroatoms. The molecule has 0 aliphatic heterocycles. The van der Waals surface area contributed by atoms with Crippen LogP contribution in [0.4, 0.5) is 11.4 Å². The van der Waals surface area contributed by atoms with E-state index < -0.39 is 0 Å². The van der Waals surface area contributed by atoms with Gasteiger partial charge in [-0.1, -0.05) is 12.1 Å². The van der Waals surface area contributed by atoms with E-state index in [1.165, 1.54) is 6.92 Å². The first kappa shape index (κ1) is 17.6. The number of hydrogen-bond donors (Lipinski definition) is 2. The first-order valence-electron chi connectivity index (χ1n) is 7.46. The fourth-order valence-corrected chi connectivity index (χ4v) is 2.25. The lowest BCUT2D eigenvalue weighted by Gasteiger charge is -2.11. The average Bonchev–Trinajstić information content (AvgIpc) is 2.55. The normalized spacial score (nSPS) is 9.92. The van der Waals surface area contributed by atoms with Crippen molar-refractivity contribution in [3.8, 4) is 0 Å². The van der Waals surface area contributed by atoms with Crippen LogP contribution >= 0.6 is 12.2 Å². The second-order valence-electron chi connectivity index (χ2n) is 5.01. The number of anilines is 2. The predicted octanol–water partition coefficient (Wildman–Crippen LogP) is 3.87. The third-order valence-corrected chi connectivity index (χ3v) is 3.38. The van der Waals surface area contributed by atoms with E-state index in [2.05, 4.69) is 10.6 Å². The molecule has 0 radical (unpaired) electrons. The van der Waals surface area contributed by atoms with Gasteiger partial charge in [0.15, 0.2) is 10.9 Å². The number of esters is 1. The van der Waals surface area contributed by atoms with Crippen molar-refractivity contribution in [2.45, 2.75) is 13.8 Å². The Bertz CT molecular complexity index is 757. The Morgan fingerprint density at radius 1 is 1.00 bits per heavy atom. The molecular weight excluding hydrogens is 324 g/mol. The number of thiocarbonyl (C=S) groups is 1. The number of ketones is 1. The van der Waals surface area contributed by atoms with Gasteiger partial charge in [-0.05, 0) is 62.5 Å². The van der Waals surface area contributed by atoms with Crippen LogP contribution in [0.15, 0.2) is 48.5 Å². The molecule has 0 aliphatic carbocycles. The lowest BCUT2D eigenvalue weighted by molar-refractivity contribution is 0.0526. The van der Waals surface area contributed by atoms with Crippen LogP contribution in [-0.2, 0) is 4.74 Å². The molecule has 2 aromatic carbocycles. The maximum absolute atomic E-state index is 11.6. The summed E-state index contributed by atoms with van der Waals surface area (Å²) in [6.07, 6.45) is 0. The molecule has 0 bridgehead atoms. The van der Waals surface area contributed by atoms with Crippen LogP contribution in [0.25, 0.3) is 0 Å². The van der Waals surface area contributed by atoms with Crippen molar-refractivity contribution in [2.75, 3.05) is 17.2 Å². The first-order chi connectivity index (χ1) is 11.5. The summed E-state index contributed by atoms with van der Waals surface area (Å²) in [5.41, 5.74) is 2.56. The molecule has 0 aliphatic rings. The zero-order valence-corrected chi connectivity index (χ0v) is 14.3. The van der Waals surface area contributed by atoms with Crippen molar-refractivity contribution in [3.05, 3.63) is 59.7 Å². The Morgan fingerprint density at radius 3 is 2.29 bits per heavy atom. The van der Waals surface area contributed by atoms with Gasteiger partial charge in [0.2, 0.25) is 0 Å². The fraction of sp³-hybridized carbons (Fsp3) is 0.167. The number of carbonyl (C=O) groups is 2. The lowest BCUT2D eigenvalue weighted by atomic mass is 10.1. The summed E-state index contributed by atoms with van der Waals surface area (Å²) in [5, 5.41) is 6.43. The van der Waals surface area contributed by atoms with Crippen molar-refractivity contribution >= 4 is 40.5 Å². The van der Waals surface area contributed by atoms with Crippen molar-refractivity contribution in [3.63, 3.8) is 0 Å². The fourth-order valence-electron chi connectivity index (χ4n) is 2.01. The van der Waals surface area contributed by atoms with Gasteiger partial charge in [-0.15, -0.1) is 0 Å². The van der Waals surface area contributed by atoms with Crippen LogP contribution in [-0.4, -0.2) is 23.5 Å². The Hall–Kier alpha value is -2.73. The minimum absolute atomic E-state index is 0.00733. The van der Waals surface area contributed by atoms with Crippen LogP contribution < -0.4 is 10.6 Å². The smallest absolute Gasteiger partial charge is 0.338 e. The monoisotopic (exact) mass is 342 g/mol. The highest BCUT2D eigenvalue weighted by molar-refractivity contribution is 7.80. The van der Waals surface area contributed by atoms with Crippen molar-refractivity contribution in [1.82, 2.24) is 0 Å². The number of rotatable bonds is 5. The van der Waals surface area contributed by atoms with Gasteiger partial charge in [-0.3, -0.25) is 4.79 Å². The third kappa shape index (κ3) is 4.89. The highest BCUT2D eigenvalue weighted by atomic mass is 32.1. The maximum atomic E-state index is 11.6. The predicted molar refractivity (Wildman–Crippen MR) is 98.7 cm³/mol. The second kappa shape index (κ2) is 8.21. The van der Waals surface area contributed by atoms with Gasteiger partial charge in [-0.2, -0.15) is 0 Å². The summed E-state index contributed by atoms with van der Waals surface area (Å²) < 4.78 is 4.93. The largest absolute Gasteiger partial charge is 0.462 e. The molecular formula is C18H18N2O3S. The second-order valence-corrected chi connectivity index (χ2v) is 5.42. The van der Waals surface area contributed by atoms with E-state index in [9.17, 15) is 9.59 Å². The Balaban J connectivity index is 1.98. The highest BCUT2D eigenvalue weighted by Crippen LogP contribution is 2.14. The van der Waals surface area contributed by atoms with E-state index in [1.54, 1.807) is 49.4 Å². The van der Waals surface area contributed by atoms with E-state index in [4.69, 9.17) is 17.0 Å². The van der Waals surface area contributed by atoms with E-state index in [0.717, 1.165) is 11.4 Å². The van der Waals surface area contributed by atoms with E-state index in [-0.39, 0.29) is 11.8 Å². The number of carbonyl (C=O) groups excluding carboxylic acids is 2. The van der Waals surface area contributed by atoms with Crippen LogP contribution in [0.1, 0.15) is 34.6 Å². The molecule has 0 saturated carbocycles. The van der Waals surface area contributed by atoms with Crippen LogP contribution in [0, 0.1) is 0 Å². The van der Waals surface area contributed by atoms with Crippen molar-refractivity contribution < 1.29 is 14.3 Å². The number of nitrogens with one attached hydrogen (secondary N) is 2. The highest BCUT2D eigenvalue weighted by Gasteiger charge is 2.06. The Morgan fingerprint density at radius 2 is 1.67 bits per heavy atom. The molecule has 0 fully saturated rings. The van der Waals surface area contributed by atoms with Gasteiger partial charge >= 0.3 is 5.97 Å². The van der Waals surface area contributed by atoms with Crippen molar-refractivity contribution in [1.29, 1.82) is 0 Å². The molecule has 0 aromatic heterocycles.